The van der Waals surface area contributed by atoms with Crippen molar-refractivity contribution >= 4 is 21.8 Å². The molecule has 0 N–H and O–H groups in total. The number of carbonyl (C=O) groups excluding carboxylic acids is 1. The summed E-state index contributed by atoms with van der Waals surface area (Å²) in [5.41, 5.74) is 0.598. The van der Waals surface area contributed by atoms with Crippen molar-refractivity contribution in [1.29, 1.82) is 0 Å². The molecular weight excluding hydrogens is 350 g/mol. The molecule has 2 rings (SSSR count). The summed E-state index contributed by atoms with van der Waals surface area (Å²) in [6.45, 7) is 7.49. The summed E-state index contributed by atoms with van der Waals surface area (Å²) in [5, 5.41) is 0. The number of nitrogens with zero attached hydrogens (tertiary/aromatic N) is 1. The lowest BCUT2D eigenvalue weighted by molar-refractivity contribution is 0.0302. The maximum absolute atomic E-state index is 12.6. The van der Waals surface area contributed by atoms with Crippen molar-refractivity contribution in [2.24, 2.45) is 0 Å². The maximum Gasteiger partial charge on any atom is 0.254 e. The van der Waals surface area contributed by atoms with Crippen LogP contribution in [-0.4, -0.2) is 50.3 Å². The molecule has 0 bridgehead atoms. The van der Waals surface area contributed by atoms with Crippen LogP contribution in [0.3, 0.4) is 0 Å². The first kappa shape index (κ1) is 17.1. The predicted molar refractivity (Wildman–Crippen MR) is 87.8 cm³/mol. The van der Waals surface area contributed by atoms with Crippen LogP contribution in [0.2, 0.25) is 0 Å². The Morgan fingerprint density at radius 2 is 2.00 bits per heavy atom. The molecule has 1 amide bonds. The summed E-state index contributed by atoms with van der Waals surface area (Å²) in [7, 11) is 0. The van der Waals surface area contributed by atoms with Gasteiger partial charge in [-0.3, -0.25) is 4.79 Å². The third-order valence-electron chi connectivity index (χ3n) is 3.31. The van der Waals surface area contributed by atoms with E-state index in [1.807, 2.05) is 13.8 Å². The van der Waals surface area contributed by atoms with Gasteiger partial charge in [-0.25, -0.2) is 0 Å². The van der Waals surface area contributed by atoms with Gasteiger partial charge in [-0.15, -0.1) is 0 Å². The van der Waals surface area contributed by atoms with Crippen LogP contribution in [-0.2, 0) is 4.74 Å². The first-order valence-electron chi connectivity index (χ1n) is 7.63. The maximum atomic E-state index is 12.6. The fourth-order valence-corrected chi connectivity index (χ4v) is 2.80. The molecule has 122 valence electrons. The summed E-state index contributed by atoms with van der Waals surface area (Å²) in [5.74, 6) is 1.25. The van der Waals surface area contributed by atoms with Gasteiger partial charge in [-0.1, -0.05) is 6.92 Å². The van der Waals surface area contributed by atoms with E-state index < -0.39 is 0 Å². The molecule has 0 aromatic heterocycles. The number of amides is 1. The number of ether oxygens (including phenoxy) is 3. The van der Waals surface area contributed by atoms with Crippen LogP contribution in [0.4, 0.5) is 0 Å². The van der Waals surface area contributed by atoms with Gasteiger partial charge in [-0.05, 0) is 41.4 Å². The zero-order valence-corrected chi connectivity index (χ0v) is 14.6. The second-order valence-electron chi connectivity index (χ2n) is 4.97. The number of hydrogen-bond donors (Lipinski definition) is 0. The van der Waals surface area contributed by atoms with E-state index in [2.05, 4.69) is 15.9 Å². The van der Waals surface area contributed by atoms with Crippen molar-refractivity contribution in [3.63, 3.8) is 0 Å². The predicted octanol–water partition coefficient (Wildman–Crippen LogP) is 3.11. The van der Waals surface area contributed by atoms with Crippen molar-refractivity contribution < 1.29 is 19.0 Å². The lowest BCUT2D eigenvalue weighted by atomic mass is 10.1. The molecule has 1 fully saturated rings. The standard InChI is InChI=1S/C16H22BrNO4/c1-3-7-22-15-13(17)10-12(11-14(15)21-4-2)16(19)18-5-8-20-9-6-18/h10-11H,3-9H2,1-2H3. The van der Waals surface area contributed by atoms with Crippen molar-refractivity contribution in [3.05, 3.63) is 22.2 Å². The van der Waals surface area contributed by atoms with Gasteiger partial charge in [0.2, 0.25) is 0 Å². The Labute approximate surface area is 139 Å². The van der Waals surface area contributed by atoms with E-state index in [1.165, 1.54) is 0 Å². The van der Waals surface area contributed by atoms with E-state index in [4.69, 9.17) is 14.2 Å². The highest BCUT2D eigenvalue weighted by Crippen LogP contribution is 2.37. The molecule has 1 aliphatic rings. The summed E-state index contributed by atoms with van der Waals surface area (Å²) >= 11 is 3.49. The van der Waals surface area contributed by atoms with Crippen LogP contribution in [0.15, 0.2) is 16.6 Å². The van der Waals surface area contributed by atoms with Crippen LogP contribution in [0, 0.1) is 0 Å². The zero-order chi connectivity index (χ0) is 15.9. The van der Waals surface area contributed by atoms with Gasteiger partial charge in [0, 0.05) is 18.7 Å². The van der Waals surface area contributed by atoms with Crippen molar-refractivity contribution in [2.45, 2.75) is 20.3 Å². The molecule has 22 heavy (non-hydrogen) atoms. The Morgan fingerprint density at radius 3 is 2.64 bits per heavy atom. The highest BCUT2D eigenvalue weighted by molar-refractivity contribution is 9.10. The molecule has 0 radical (unpaired) electrons. The SMILES string of the molecule is CCCOc1c(Br)cc(C(=O)N2CCOCC2)cc1OCC. The number of rotatable bonds is 6. The monoisotopic (exact) mass is 371 g/mol. The zero-order valence-electron chi connectivity index (χ0n) is 13.1. The lowest BCUT2D eigenvalue weighted by Gasteiger charge is -2.27. The second-order valence-corrected chi connectivity index (χ2v) is 5.83. The van der Waals surface area contributed by atoms with E-state index in [0.717, 1.165) is 10.9 Å². The molecule has 5 nitrogen and oxygen atoms in total. The van der Waals surface area contributed by atoms with Gasteiger partial charge in [0.05, 0.1) is 30.9 Å². The van der Waals surface area contributed by atoms with E-state index in [0.29, 0.717) is 56.6 Å². The van der Waals surface area contributed by atoms with Crippen LogP contribution in [0.5, 0.6) is 11.5 Å². The number of hydrogen-bond acceptors (Lipinski definition) is 4. The fraction of sp³-hybridized carbons (Fsp3) is 0.562. The number of morpholine rings is 1. The first-order chi connectivity index (χ1) is 10.7. The van der Waals surface area contributed by atoms with E-state index in [9.17, 15) is 4.79 Å². The van der Waals surface area contributed by atoms with Gasteiger partial charge >= 0.3 is 0 Å². The summed E-state index contributed by atoms with van der Waals surface area (Å²) in [6, 6.07) is 3.56. The first-order valence-corrected chi connectivity index (χ1v) is 8.42. The van der Waals surface area contributed by atoms with Crippen molar-refractivity contribution in [2.75, 3.05) is 39.5 Å². The largest absolute Gasteiger partial charge is 0.490 e. The molecule has 0 spiro atoms. The quantitative estimate of drug-likeness (QED) is 0.770. The molecule has 6 heteroatoms. The highest BCUT2D eigenvalue weighted by atomic mass is 79.9. The Balaban J connectivity index is 2.26. The molecule has 1 saturated heterocycles. The lowest BCUT2D eigenvalue weighted by Crippen LogP contribution is -2.40. The van der Waals surface area contributed by atoms with Gasteiger partial charge in [-0.2, -0.15) is 0 Å². The molecule has 0 aliphatic carbocycles. The number of carbonyl (C=O) groups is 1. The third-order valence-corrected chi connectivity index (χ3v) is 3.89. The van der Waals surface area contributed by atoms with Crippen molar-refractivity contribution in [3.8, 4) is 11.5 Å². The van der Waals surface area contributed by atoms with Crippen molar-refractivity contribution in [1.82, 2.24) is 4.90 Å². The molecule has 1 aliphatic heterocycles. The molecule has 1 heterocycles. The second kappa shape index (κ2) is 8.39. The van der Waals surface area contributed by atoms with Crippen LogP contribution < -0.4 is 9.47 Å². The Kier molecular flexibility index (Phi) is 6.51. The fourth-order valence-electron chi connectivity index (χ4n) is 2.25. The molecule has 0 unspecified atom stereocenters. The number of halogens is 1. The topological polar surface area (TPSA) is 48.0 Å². The van der Waals surface area contributed by atoms with Crippen LogP contribution in [0.25, 0.3) is 0 Å². The van der Waals surface area contributed by atoms with Crippen LogP contribution >= 0.6 is 15.9 Å². The molecule has 0 atom stereocenters. The van der Waals surface area contributed by atoms with Gasteiger partial charge in [0.25, 0.3) is 5.91 Å². The van der Waals surface area contributed by atoms with Crippen LogP contribution in [0.1, 0.15) is 30.6 Å². The average Bonchev–Trinajstić information content (AvgIpc) is 2.54. The minimum absolute atomic E-state index is 0.00741. The Morgan fingerprint density at radius 1 is 1.27 bits per heavy atom. The molecular formula is C16H22BrNO4. The highest BCUT2D eigenvalue weighted by Gasteiger charge is 2.22. The van der Waals surface area contributed by atoms with Gasteiger partial charge in [0.1, 0.15) is 0 Å². The normalized spacial score (nSPS) is 14.8. The number of benzene rings is 1. The van der Waals surface area contributed by atoms with E-state index >= 15 is 0 Å². The minimum Gasteiger partial charge on any atom is -0.490 e. The Hall–Kier alpha value is -1.27. The molecule has 1 aromatic rings. The van der Waals surface area contributed by atoms with Gasteiger partial charge < -0.3 is 19.1 Å². The summed E-state index contributed by atoms with van der Waals surface area (Å²) in [4.78, 5) is 14.4. The smallest absolute Gasteiger partial charge is 0.254 e. The van der Waals surface area contributed by atoms with Gasteiger partial charge in [0.15, 0.2) is 11.5 Å². The summed E-state index contributed by atoms with van der Waals surface area (Å²) in [6.07, 6.45) is 0.909. The minimum atomic E-state index is -0.00741. The molecule has 0 saturated carbocycles. The van der Waals surface area contributed by atoms with E-state index in [-0.39, 0.29) is 5.91 Å². The Bertz CT molecular complexity index is 515. The van der Waals surface area contributed by atoms with E-state index in [1.54, 1.807) is 17.0 Å². The summed E-state index contributed by atoms with van der Waals surface area (Å²) < 4.78 is 17.4. The average molecular weight is 372 g/mol. The molecule has 1 aromatic carbocycles. The third kappa shape index (κ3) is 4.14.